The Kier molecular flexibility index (Phi) is 4.61. The summed E-state index contributed by atoms with van der Waals surface area (Å²) in [5.74, 6) is 0. The van der Waals surface area contributed by atoms with Gasteiger partial charge in [0.15, 0.2) is 0 Å². The first-order valence-corrected chi connectivity index (χ1v) is 8.05. The highest BCUT2D eigenvalue weighted by Gasteiger charge is 1.95. The summed E-state index contributed by atoms with van der Waals surface area (Å²) < 4.78 is 0. The maximum Gasteiger partial charge on any atom is -0.0226 e. The average Bonchev–Trinajstić information content (AvgIpc) is 2.56. The van der Waals surface area contributed by atoms with Crippen molar-refractivity contribution in [1.29, 1.82) is 0 Å². The van der Waals surface area contributed by atoms with Crippen LogP contribution in [-0.2, 0) is 0 Å². The van der Waals surface area contributed by atoms with E-state index in [0.29, 0.717) is 0 Å². The summed E-state index contributed by atoms with van der Waals surface area (Å²) in [6, 6.07) is 29.8. The molecule has 0 fully saturated rings. The first-order chi connectivity index (χ1) is 10.4. The second-order valence-corrected chi connectivity index (χ2v) is 6.26. The van der Waals surface area contributed by atoms with Crippen LogP contribution in [0, 0.1) is 0 Å². The summed E-state index contributed by atoms with van der Waals surface area (Å²) in [7, 11) is 0.724. The number of rotatable bonds is 4. The first kappa shape index (κ1) is 13.8. The zero-order valence-corrected chi connectivity index (χ0v) is 12.7. The van der Waals surface area contributed by atoms with Crippen molar-refractivity contribution in [3.8, 4) is 0 Å². The van der Waals surface area contributed by atoms with Gasteiger partial charge in [0.05, 0.1) is 0 Å². The quantitative estimate of drug-likeness (QED) is 0.490. The van der Waals surface area contributed by atoms with Crippen LogP contribution in [0.25, 0.3) is 12.2 Å². The van der Waals surface area contributed by atoms with Crippen molar-refractivity contribution in [2.45, 2.75) is 0 Å². The number of benzene rings is 3. The van der Waals surface area contributed by atoms with Crippen LogP contribution in [0.4, 0.5) is 0 Å². The van der Waals surface area contributed by atoms with Gasteiger partial charge < -0.3 is 0 Å². The highest BCUT2D eigenvalue weighted by atomic mass is 31.1. The van der Waals surface area contributed by atoms with E-state index in [9.17, 15) is 0 Å². The van der Waals surface area contributed by atoms with Crippen LogP contribution in [0.1, 0.15) is 11.1 Å². The van der Waals surface area contributed by atoms with Crippen LogP contribution in [0.15, 0.2) is 84.9 Å². The van der Waals surface area contributed by atoms with Crippen molar-refractivity contribution in [2.24, 2.45) is 0 Å². The molecule has 21 heavy (non-hydrogen) atoms. The van der Waals surface area contributed by atoms with E-state index in [1.165, 1.54) is 21.7 Å². The standard InChI is InChI=1S/C20H17P/c1-3-7-17(8-4-1)11-12-18-13-15-20(16-14-18)21-19-9-5-2-6-10-19/h1-16,21H. The van der Waals surface area contributed by atoms with Gasteiger partial charge in [0, 0.05) is 0 Å². The van der Waals surface area contributed by atoms with Gasteiger partial charge in [0.1, 0.15) is 0 Å². The molecule has 0 N–H and O–H groups in total. The summed E-state index contributed by atoms with van der Waals surface area (Å²) in [5, 5.41) is 2.75. The third kappa shape index (κ3) is 4.15. The van der Waals surface area contributed by atoms with Crippen LogP contribution in [0.2, 0.25) is 0 Å². The molecular weight excluding hydrogens is 271 g/mol. The minimum absolute atomic E-state index is 0.724. The topological polar surface area (TPSA) is 0 Å². The monoisotopic (exact) mass is 288 g/mol. The van der Waals surface area contributed by atoms with Crippen LogP contribution < -0.4 is 10.6 Å². The summed E-state index contributed by atoms with van der Waals surface area (Å²) in [4.78, 5) is 0. The third-order valence-electron chi connectivity index (χ3n) is 3.24. The first-order valence-electron chi connectivity index (χ1n) is 7.05. The molecule has 0 saturated carbocycles. The van der Waals surface area contributed by atoms with Gasteiger partial charge in [0.25, 0.3) is 0 Å². The Labute approximate surface area is 128 Å². The molecule has 0 bridgehead atoms. The van der Waals surface area contributed by atoms with E-state index in [2.05, 4.69) is 91.0 Å². The van der Waals surface area contributed by atoms with E-state index in [1.54, 1.807) is 0 Å². The van der Waals surface area contributed by atoms with E-state index >= 15 is 0 Å². The lowest BCUT2D eigenvalue weighted by atomic mass is 10.1. The Hall–Kier alpha value is -2.17. The van der Waals surface area contributed by atoms with Crippen LogP contribution in [0.3, 0.4) is 0 Å². The fraction of sp³-hybridized carbons (Fsp3) is 0. The molecule has 1 atom stereocenters. The molecule has 0 heterocycles. The van der Waals surface area contributed by atoms with Gasteiger partial charge in [-0.15, -0.1) is 0 Å². The molecule has 0 aliphatic rings. The number of hydrogen-bond donors (Lipinski definition) is 0. The zero-order valence-electron chi connectivity index (χ0n) is 11.7. The molecule has 0 aliphatic carbocycles. The molecule has 0 radical (unpaired) electrons. The largest absolute Gasteiger partial charge is 0.0622 e. The van der Waals surface area contributed by atoms with Gasteiger partial charge in [-0.1, -0.05) is 106 Å². The zero-order chi connectivity index (χ0) is 14.3. The predicted octanol–water partition coefficient (Wildman–Crippen LogP) is 4.49. The lowest BCUT2D eigenvalue weighted by Gasteiger charge is -2.02. The molecule has 0 spiro atoms. The fourth-order valence-corrected chi connectivity index (χ4v) is 3.15. The molecule has 1 unspecified atom stereocenters. The lowest BCUT2D eigenvalue weighted by Crippen LogP contribution is -2.02. The summed E-state index contributed by atoms with van der Waals surface area (Å²) >= 11 is 0. The highest BCUT2D eigenvalue weighted by Crippen LogP contribution is 2.12. The predicted molar refractivity (Wildman–Crippen MR) is 95.8 cm³/mol. The highest BCUT2D eigenvalue weighted by molar-refractivity contribution is 7.55. The Morgan fingerprint density at radius 1 is 0.476 bits per heavy atom. The van der Waals surface area contributed by atoms with Crippen LogP contribution >= 0.6 is 8.58 Å². The second-order valence-electron chi connectivity index (χ2n) is 4.86. The maximum atomic E-state index is 2.22. The normalized spacial score (nSPS) is 11.4. The van der Waals surface area contributed by atoms with Gasteiger partial charge >= 0.3 is 0 Å². The van der Waals surface area contributed by atoms with Crippen LogP contribution in [-0.4, -0.2) is 0 Å². The Morgan fingerprint density at radius 2 is 0.952 bits per heavy atom. The molecule has 0 aromatic heterocycles. The van der Waals surface area contributed by atoms with E-state index in [0.717, 1.165) is 8.58 Å². The van der Waals surface area contributed by atoms with Crippen molar-refractivity contribution >= 4 is 31.3 Å². The van der Waals surface area contributed by atoms with E-state index in [-0.39, 0.29) is 0 Å². The molecule has 3 aromatic rings. The van der Waals surface area contributed by atoms with Gasteiger partial charge in [-0.3, -0.25) is 0 Å². The Balaban J connectivity index is 1.68. The van der Waals surface area contributed by atoms with Gasteiger partial charge in [0.2, 0.25) is 0 Å². The van der Waals surface area contributed by atoms with E-state index < -0.39 is 0 Å². The Morgan fingerprint density at radius 3 is 1.57 bits per heavy atom. The third-order valence-corrected chi connectivity index (χ3v) is 4.48. The molecule has 0 nitrogen and oxygen atoms in total. The molecule has 1 heteroatoms. The van der Waals surface area contributed by atoms with Gasteiger partial charge in [-0.05, 0) is 21.7 Å². The van der Waals surface area contributed by atoms with Gasteiger partial charge in [-0.2, -0.15) is 0 Å². The van der Waals surface area contributed by atoms with Crippen molar-refractivity contribution in [2.75, 3.05) is 0 Å². The molecule has 3 rings (SSSR count). The minimum Gasteiger partial charge on any atom is -0.0622 e. The molecular formula is C20H17P. The molecule has 0 aliphatic heterocycles. The van der Waals surface area contributed by atoms with E-state index in [4.69, 9.17) is 0 Å². The van der Waals surface area contributed by atoms with E-state index in [1.807, 2.05) is 6.07 Å². The average molecular weight is 288 g/mol. The number of hydrogen-bond acceptors (Lipinski definition) is 0. The second kappa shape index (κ2) is 7.02. The molecule has 3 aromatic carbocycles. The molecule has 102 valence electrons. The van der Waals surface area contributed by atoms with Crippen molar-refractivity contribution < 1.29 is 0 Å². The summed E-state index contributed by atoms with van der Waals surface area (Å²) in [5.41, 5.74) is 2.47. The van der Waals surface area contributed by atoms with Crippen LogP contribution in [0.5, 0.6) is 0 Å². The van der Waals surface area contributed by atoms with Gasteiger partial charge in [-0.25, -0.2) is 0 Å². The molecule has 0 amide bonds. The van der Waals surface area contributed by atoms with Crippen molar-refractivity contribution in [3.63, 3.8) is 0 Å². The fourth-order valence-electron chi connectivity index (χ4n) is 2.12. The Bertz CT molecular complexity index is 698. The van der Waals surface area contributed by atoms with Crippen molar-refractivity contribution in [3.05, 3.63) is 96.1 Å². The maximum absolute atomic E-state index is 2.22. The molecule has 0 saturated heterocycles. The SMILES string of the molecule is C(=Cc1ccc(Pc2ccccc2)cc1)c1ccccc1. The summed E-state index contributed by atoms with van der Waals surface area (Å²) in [6.07, 6.45) is 4.30. The smallest absolute Gasteiger partial charge is 0.0226 e. The van der Waals surface area contributed by atoms with Crippen molar-refractivity contribution in [1.82, 2.24) is 0 Å². The minimum atomic E-state index is 0.724. The summed E-state index contributed by atoms with van der Waals surface area (Å²) in [6.45, 7) is 0. The lowest BCUT2D eigenvalue weighted by molar-refractivity contribution is 1.66.